The predicted molar refractivity (Wildman–Crippen MR) is 101 cm³/mol. The molecule has 0 amide bonds. The Morgan fingerprint density at radius 1 is 1.15 bits per heavy atom. The first kappa shape index (κ1) is 17.0. The van der Waals surface area contributed by atoms with Crippen molar-refractivity contribution in [3.8, 4) is 22.8 Å². The van der Waals surface area contributed by atoms with E-state index < -0.39 is 0 Å². The number of pyridine rings is 1. The van der Waals surface area contributed by atoms with Gasteiger partial charge in [-0.05, 0) is 31.2 Å². The number of aromatic nitrogens is 3. The second-order valence-corrected chi connectivity index (χ2v) is 6.12. The summed E-state index contributed by atoms with van der Waals surface area (Å²) in [7, 11) is 0. The van der Waals surface area contributed by atoms with Gasteiger partial charge in [-0.3, -0.25) is 4.98 Å². The van der Waals surface area contributed by atoms with Crippen LogP contribution in [0, 0.1) is 0 Å². The Labute approximate surface area is 156 Å². The minimum Gasteiger partial charge on any atom is -0.454 e. The zero-order valence-electron chi connectivity index (χ0n) is 14.7. The lowest BCUT2D eigenvalue weighted by molar-refractivity contribution is 0.174. The average molecular weight is 365 g/mol. The van der Waals surface area contributed by atoms with Gasteiger partial charge in [0, 0.05) is 41.8 Å². The molecular weight excluding hydrogens is 346 g/mol. The van der Waals surface area contributed by atoms with Crippen molar-refractivity contribution in [3.63, 3.8) is 0 Å². The van der Waals surface area contributed by atoms with Crippen molar-refractivity contribution in [3.05, 3.63) is 48.8 Å². The monoisotopic (exact) mass is 365 g/mol. The van der Waals surface area contributed by atoms with Crippen molar-refractivity contribution in [2.24, 2.45) is 0 Å². The maximum atomic E-state index is 9.31. The van der Waals surface area contributed by atoms with E-state index in [1.165, 1.54) is 0 Å². The summed E-state index contributed by atoms with van der Waals surface area (Å²) in [6.07, 6.45) is 3.45. The Kier molecular flexibility index (Phi) is 4.71. The zero-order chi connectivity index (χ0) is 18.6. The molecule has 138 valence electrons. The van der Waals surface area contributed by atoms with E-state index in [2.05, 4.69) is 25.6 Å². The standard InChI is InChI=1S/C19H19N5O3/c1-12(10-25)21-19-23-15(13-3-2-6-20-9-13)8-18(24-19)22-14-4-5-16-17(7-14)27-11-26-16/h2-9,12,25H,10-11H2,1H3,(H2,21,22,23,24)/t12-/m1/s1. The van der Waals surface area contributed by atoms with Crippen LogP contribution < -0.4 is 20.1 Å². The van der Waals surface area contributed by atoms with Crippen molar-refractivity contribution in [1.82, 2.24) is 15.0 Å². The van der Waals surface area contributed by atoms with E-state index in [0.717, 1.165) is 17.0 Å². The highest BCUT2D eigenvalue weighted by Crippen LogP contribution is 2.35. The summed E-state index contributed by atoms with van der Waals surface area (Å²) in [6.45, 7) is 2.06. The minimum absolute atomic E-state index is 0.0224. The van der Waals surface area contributed by atoms with Crippen LogP contribution in [0.3, 0.4) is 0 Å². The van der Waals surface area contributed by atoms with Gasteiger partial charge in [0.25, 0.3) is 0 Å². The third-order valence-electron chi connectivity index (χ3n) is 3.98. The molecule has 0 aliphatic carbocycles. The molecule has 8 heteroatoms. The van der Waals surface area contributed by atoms with Crippen molar-refractivity contribution < 1.29 is 14.6 Å². The molecule has 3 N–H and O–H groups in total. The summed E-state index contributed by atoms with van der Waals surface area (Å²) in [4.78, 5) is 13.2. The molecule has 2 aromatic heterocycles. The van der Waals surface area contributed by atoms with Gasteiger partial charge in [-0.1, -0.05) is 0 Å². The lowest BCUT2D eigenvalue weighted by atomic mass is 10.2. The number of hydrogen-bond donors (Lipinski definition) is 3. The fourth-order valence-electron chi connectivity index (χ4n) is 2.63. The van der Waals surface area contributed by atoms with Gasteiger partial charge in [0.15, 0.2) is 11.5 Å². The second-order valence-electron chi connectivity index (χ2n) is 6.12. The van der Waals surface area contributed by atoms with Gasteiger partial charge in [-0.2, -0.15) is 4.98 Å². The molecule has 8 nitrogen and oxygen atoms in total. The summed E-state index contributed by atoms with van der Waals surface area (Å²) in [5, 5.41) is 15.7. The number of aliphatic hydroxyl groups is 1. The summed E-state index contributed by atoms with van der Waals surface area (Å²) < 4.78 is 10.8. The summed E-state index contributed by atoms with van der Waals surface area (Å²) in [5.41, 5.74) is 2.40. The van der Waals surface area contributed by atoms with Crippen LogP contribution in [-0.2, 0) is 0 Å². The maximum absolute atomic E-state index is 9.31. The number of nitrogens with zero attached hydrogens (tertiary/aromatic N) is 3. The molecule has 3 aromatic rings. The van der Waals surface area contributed by atoms with Crippen LogP contribution in [-0.4, -0.2) is 39.5 Å². The van der Waals surface area contributed by atoms with E-state index >= 15 is 0 Å². The predicted octanol–water partition coefficient (Wildman–Crippen LogP) is 2.80. The van der Waals surface area contributed by atoms with Gasteiger partial charge in [-0.25, -0.2) is 4.98 Å². The quantitative estimate of drug-likeness (QED) is 0.613. The van der Waals surface area contributed by atoms with Gasteiger partial charge in [0.2, 0.25) is 12.7 Å². The molecular formula is C19H19N5O3. The number of hydrogen-bond acceptors (Lipinski definition) is 8. The largest absolute Gasteiger partial charge is 0.454 e. The maximum Gasteiger partial charge on any atom is 0.231 e. The fourth-order valence-corrected chi connectivity index (χ4v) is 2.63. The fraction of sp³-hybridized carbons (Fsp3) is 0.211. The average Bonchev–Trinajstić information content (AvgIpc) is 3.16. The molecule has 0 radical (unpaired) electrons. The number of aliphatic hydroxyl groups excluding tert-OH is 1. The molecule has 0 saturated carbocycles. The van der Waals surface area contributed by atoms with Gasteiger partial charge < -0.3 is 25.2 Å². The zero-order valence-corrected chi connectivity index (χ0v) is 14.7. The minimum atomic E-state index is -0.174. The topological polar surface area (TPSA) is 101 Å². The van der Waals surface area contributed by atoms with Crippen LogP contribution in [0.4, 0.5) is 17.5 Å². The van der Waals surface area contributed by atoms with E-state index in [9.17, 15) is 5.11 Å². The van der Waals surface area contributed by atoms with Crippen LogP contribution in [0.15, 0.2) is 48.8 Å². The van der Waals surface area contributed by atoms with E-state index in [1.807, 2.05) is 43.3 Å². The van der Waals surface area contributed by atoms with Gasteiger partial charge in [0.1, 0.15) is 5.82 Å². The van der Waals surface area contributed by atoms with E-state index in [4.69, 9.17) is 9.47 Å². The van der Waals surface area contributed by atoms with Crippen LogP contribution in [0.1, 0.15) is 6.92 Å². The molecule has 3 heterocycles. The molecule has 0 saturated heterocycles. The third kappa shape index (κ3) is 3.90. The molecule has 1 atom stereocenters. The molecule has 0 fully saturated rings. The molecule has 0 bridgehead atoms. The summed E-state index contributed by atoms with van der Waals surface area (Å²) >= 11 is 0. The first-order chi connectivity index (χ1) is 13.2. The van der Waals surface area contributed by atoms with Gasteiger partial charge in [-0.15, -0.1) is 0 Å². The highest BCUT2D eigenvalue weighted by Gasteiger charge is 2.14. The lowest BCUT2D eigenvalue weighted by Gasteiger charge is -2.14. The lowest BCUT2D eigenvalue weighted by Crippen LogP contribution is -2.21. The Balaban J connectivity index is 1.67. The molecule has 1 aliphatic heterocycles. The Hall–Kier alpha value is -3.39. The number of fused-ring (bicyclic) bond motifs is 1. The molecule has 27 heavy (non-hydrogen) atoms. The number of ether oxygens (including phenoxy) is 2. The van der Waals surface area contributed by atoms with Gasteiger partial charge >= 0.3 is 0 Å². The molecule has 0 unspecified atom stereocenters. The number of nitrogens with one attached hydrogen (secondary N) is 2. The highest BCUT2D eigenvalue weighted by molar-refractivity contribution is 5.68. The highest BCUT2D eigenvalue weighted by atomic mass is 16.7. The first-order valence-electron chi connectivity index (χ1n) is 8.55. The SMILES string of the molecule is C[C@H](CO)Nc1nc(Nc2ccc3c(c2)OCO3)cc(-c2cccnc2)n1. The van der Waals surface area contributed by atoms with Crippen LogP contribution >= 0.6 is 0 Å². The van der Waals surface area contributed by atoms with E-state index in [-0.39, 0.29) is 19.4 Å². The van der Waals surface area contributed by atoms with E-state index in [0.29, 0.717) is 23.2 Å². The Bertz CT molecular complexity index is 936. The third-order valence-corrected chi connectivity index (χ3v) is 3.98. The van der Waals surface area contributed by atoms with Crippen molar-refractivity contribution in [2.75, 3.05) is 24.0 Å². The molecule has 0 spiro atoms. The Morgan fingerprint density at radius 3 is 2.85 bits per heavy atom. The second kappa shape index (κ2) is 7.46. The van der Waals surface area contributed by atoms with Gasteiger partial charge in [0.05, 0.1) is 12.3 Å². The molecule has 4 rings (SSSR count). The molecule has 1 aliphatic rings. The van der Waals surface area contributed by atoms with Crippen LogP contribution in [0.25, 0.3) is 11.3 Å². The van der Waals surface area contributed by atoms with Crippen LogP contribution in [0.2, 0.25) is 0 Å². The normalized spacial score (nSPS) is 13.3. The summed E-state index contributed by atoms with van der Waals surface area (Å²) in [6, 6.07) is 11.1. The number of benzene rings is 1. The smallest absolute Gasteiger partial charge is 0.231 e. The Morgan fingerprint density at radius 2 is 2.04 bits per heavy atom. The first-order valence-corrected chi connectivity index (χ1v) is 8.55. The number of rotatable bonds is 6. The number of anilines is 3. The van der Waals surface area contributed by atoms with Crippen LogP contribution in [0.5, 0.6) is 11.5 Å². The van der Waals surface area contributed by atoms with Crippen molar-refractivity contribution in [1.29, 1.82) is 0 Å². The molecule has 1 aromatic carbocycles. The van der Waals surface area contributed by atoms with Crippen molar-refractivity contribution >= 4 is 17.5 Å². The summed E-state index contributed by atoms with van der Waals surface area (Å²) in [5.74, 6) is 2.43. The van der Waals surface area contributed by atoms with E-state index in [1.54, 1.807) is 12.4 Å². The van der Waals surface area contributed by atoms with Crippen molar-refractivity contribution in [2.45, 2.75) is 13.0 Å².